The Morgan fingerprint density at radius 1 is 0.547 bits per heavy atom. The molecule has 0 saturated carbocycles. The number of nitrogens with zero attached hydrogens (tertiary/aromatic N) is 4. The lowest BCUT2D eigenvalue weighted by Gasteiger charge is -2.34. The van der Waals surface area contributed by atoms with Crippen molar-refractivity contribution in [2.75, 3.05) is 18.6 Å². The standard InChI is InChI=1S/C49H50N4/c1-47(2,3)35-16-13-15-34(29-35)42-31-36(48(4,5)6)22-25-43(42)49(7,46-21-11-12-26-50-46)37-17-14-18-39(30-37)53-44-20-10-9-19-40(44)41-24-23-38(32-45(41)53)52-28-27-51(8)33-52/h9-32H,33H2,1-8H3/t49-/m0/s1. The van der Waals surface area contributed by atoms with E-state index >= 15 is 0 Å². The van der Waals surface area contributed by atoms with E-state index in [1.807, 2.05) is 12.3 Å². The topological polar surface area (TPSA) is 24.3 Å². The predicted octanol–water partition coefficient (Wildman–Crippen LogP) is 12.0. The molecule has 266 valence electrons. The van der Waals surface area contributed by atoms with E-state index in [4.69, 9.17) is 4.98 Å². The molecule has 2 aromatic heterocycles. The minimum Gasteiger partial charge on any atom is -0.361 e. The van der Waals surface area contributed by atoms with Crippen molar-refractivity contribution < 1.29 is 0 Å². The quantitative estimate of drug-likeness (QED) is 0.173. The molecule has 0 fully saturated rings. The third kappa shape index (κ3) is 6.10. The number of fused-ring (bicyclic) bond motifs is 3. The molecule has 0 bridgehead atoms. The Bertz CT molecular complexity index is 2490. The summed E-state index contributed by atoms with van der Waals surface area (Å²) < 4.78 is 2.44. The van der Waals surface area contributed by atoms with Crippen LogP contribution in [0.1, 0.15) is 76.4 Å². The second-order valence-electron chi connectivity index (χ2n) is 17.0. The number of anilines is 1. The molecule has 0 spiro atoms. The Morgan fingerprint density at radius 2 is 1.26 bits per heavy atom. The summed E-state index contributed by atoms with van der Waals surface area (Å²) in [5.41, 5.74) is 12.7. The van der Waals surface area contributed by atoms with Gasteiger partial charge in [0, 0.05) is 47.8 Å². The van der Waals surface area contributed by atoms with E-state index in [1.165, 1.54) is 60.9 Å². The molecular weight excluding hydrogens is 645 g/mol. The molecule has 53 heavy (non-hydrogen) atoms. The largest absolute Gasteiger partial charge is 0.361 e. The van der Waals surface area contributed by atoms with Crippen molar-refractivity contribution in [3.63, 3.8) is 0 Å². The lowest BCUT2D eigenvalue weighted by molar-refractivity contribution is 0.496. The van der Waals surface area contributed by atoms with Crippen LogP contribution >= 0.6 is 0 Å². The highest BCUT2D eigenvalue weighted by Gasteiger charge is 2.36. The summed E-state index contributed by atoms with van der Waals surface area (Å²) in [5.74, 6) is 0. The number of hydrogen-bond acceptors (Lipinski definition) is 3. The highest BCUT2D eigenvalue weighted by molar-refractivity contribution is 6.10. The van der Waals surface area contributed by atoms with E-state index in [0.29, 0.717) is 0 Å². The first-order valence-corrected chi connectivity index (χ1v) is 18.8. The third-order valence-electron chi connectivity index (χ3n) is 11.2. The number of aromatic nitrogens is 2. The van der Waals surface area contributed by atoms with Crippen molar-refractivity contribution in [1.82, 2.24) is 14.5 Å². The van der Waals surface area contributed by atoms with Crippen LogP contribution in [0.4, 0.5) is 5.69 Å². The zero-order valence-corrected chi connectivity index (χ0v) is 32.4. The third-order valence-corrected chi connectivity index (χ3v) is 11.2. The van der Waals surface area contributed by atoms with E-state index in [1.54, 1.807) is 0 Å². The van der Waals surface area contributed by atoms with Crippen LogP contribution in [0, 0.1) is 0 Å². The van der Waals surface area contributed by atoms with E-state index < -0.39 is 5.41 Å². The fraction of sp³-hybridized carbons (Fsp3) is 0.245. The molecule has 8 rings (SSSR count). The average molecular weight is 695 g/mol. The molecule has 0 amide bonds. The molecule has 5 aromatic carbocycles. The van der Waals surface area contributed by atoms with Crippen molar-refractivity contribution in [3.8, 4) is 16.8 Å². The van der Waals surface area contributed by atoms with Crippen LogP contribution in [-0.2, 0) is 16.2 Å². The van der Waals surface area contributed by atoms with Crippen molar-refractivity contribution in [2.24, 2.45) is 0 Å². The number of hydrogen-bond donors (Lipinski definition) is 0. The van der Waals surface area contributed by atoms with Crippen LogP contribution < -0.4 is 4.90 Å². The summed E-state index contributed by atoms with van der Waals surface area (Å²) >= 11 is 0. The van der Waals surface area contributed by atoms with Gasteiger partial charge in [-0.15, -0.1) is 0 Å². The molecule has 0 aliphatic carbocycles. The molecule has 0 saturated heterocycles. The zero-order chi connectivity index (χ0) is 37.1. The van der Waals surface area contributed by atoms with Gasteiger partial charge in [-0.3, -0.25) is 4.98 Å². The van der Waals surface area contributed by atoms with Gasteiger partial charge in [-0.05, 0) is 93.6 Å². The van der Waals surface area contributed by atoms with Crippen LogP contribution in [-0.4, -0.2) is 28.2 Å². The van der Waals surface area contributed by atoms with Crippen LogP contribution in [0.2, 0.25) is 0 Å². The van der Waals surface area contributed by atoms with E-state index in [9.17, 15) is 0 Å². The fourth-order valence-corrected chi connectivity index (χ4v) is 8.01. The van der Waals surface area contributed by atoms with Gasteiger partial charge in [0.2, 0.25) is 0 Å². The smallest absolute Gasteiger partial charge is 0.0938 e. The molecule has 1 aliphatic rings. The number of benzene rings is 5. The van der Waals surface area contributed by atoms with Crippen molar-refractivity contribution in [3.05, 3.63) is 174 Å². The highest BCUT2D eigenvalue weighted by atomic mass is 15.3. The summed E-state index contributed by atoms with van der Waals surface area (Å²) in [6.45, 7) is 17.0. The molecule has 3 heterocycles. The minimum absolute atomic E-state index is 0.00804. The van der Waals surface area contributed by atoms with Gasteiger partial charge >= 0.3 is 0 Å². The van der Waals surface area contributed by atoms with Crippen molar-refractivity contribution in [2.45, 2.75) is 64.7 Å². The van der Waals surface area contributed by atoms with Crippen molar-refractivity contribution in [1.29, 1.82) is 0 Å². The van der Waals surface area contributed by atoms with Gasteiger partial charge in [-0.25, -0.2) is 0 Å². The molecule has 1 aliphatic heterocycles. The van der Waals surface area contributed by atoms with Gasteiger partial charge in [0.1, 0.15) is 0 Å². The van der Waals surface area contributed by atoms with E-state index in [2.05, 4.69) is 204 Å². The van der Waals surface area contributed by atoms with Crippen LogP contribution in [0.3, 0.4) is 0 Å². The summed E-state index contributed by atoms with van der Waals surface area (Å²) in [6.07, 6.45) is 6.22. The Balaban J connectivity index is 1.38. The van der Waals surface area contributed by atoms with Gasteiger partial charge in [0.15, 0.2) is 0 Å². The van der Waals surface area contributed by atoms with Gasteiger partial charge in [-0.2, -0.15) is 0 Å². The summed E-state index contributed by atoms with van der Waals surface area (Å²) in [4.78, 5) is 9.59. The molecular formula is C49H50N4. The van der Waals surface area contributed by atoms with Crippen LogP contribution in [0.15, 0.2) is 146 Å². The zero-order valence-electron chi connectivity index (χ0n) is 32.4. The molecule has 1 atom stereocenters. The van der Waals surface area contributed by atoms with Gasteiger partial charge in [0.05, 0.1) is 28.8 Å². The molecule has 7 aromatic rings. The Labute approximate surface area is 315 Å². The van der Waals surface area contributed by atoms with E-state index in [-0.39, 0.29) is 10.8 Å². The maximum absolute atomic E-state index is 5.10. The number of para-hydroxylation sites is 1. The Morgan fingerprint density at radius 3 is 2.00 bits per heavy atom. The number of rotatable bonds is 6. The summed E-state index contributed by atoms with van der Waals surface area (Å²) in [5, 5.41) is 2.50. The molecule has 0 N–H and O–H groups in total. The lowest BCUT2D eigenvalue weighted by atomic mass is 9.69. The SMILES string of the molecule is CN1C=CN(c2ccc3c4ccccc4n(-c4cccc([C@](C)(c5ccccn5)c5ccc(C(C)(C)C)cc5-c5cccc(C(C)(C)C)c5)c4)c3c2)C1. The predicted molar refractivity (Wildman–Crippen MR) is 224 cm³/mol. The first-order chi connectivity index (χ1) is 25.3. The Hall–Kier alpha value is -5.61. The van der Waals surface area contributed by atoms with Crippen molar-refractivity contribution >= 4 is 27.5 Å². The molecule has 0 radical (unpaired) electrons. The van der Waals surface area contributed by atoms with Gasteiger partial charge in [-0.1, -0.05) is 126 Å². The molecule has 4 nitrogen and oxygen atoms in total. The van der Waals surface area contributed by atoms with Gasteiger partial charge < -0.3 is 14.4 Å². The first kappa shape index (κ1) is 34.5. The molecule has 0 unspecified atom stereocenters. The van der Waals surface area contributed by atoms with Crippen LogP contribution in [0.5, 0.6) is 0 Å². The normalized spacial score (nSPS) is 14.7. The fourth-order valence-electron chi connectivity index (χ4n) is 8.01. The minimum atomic E-state index is -0.574. The summed E-state index contributed by atoms with van der Waals surface area (Å²) in [6, 6.07) is 47.4. The maximum Gasteiger partial charge on any atom is 0.0938 e. The summed E-state index contributed by atoms with van der Waals surface area (Å²) in [7, 11) is 2.11. The highest BCUT2D eigenvalue weighted by Crippen LogP contribution is 2.45. The second kappa shape index (κ2) is 12.8. The van der Waals surface area contributed by atoms with Crippen LogP contribution in [0.25, 0.3) is 38.6 Å². The number of pyridine rings is 1. The van der Waals surface area contributed by atoms with Gasteiger partial charge in [0.25, 0.3) is 0 Å². The average Bonchev–Trinajstić information content (AvgIpc) is 3.74. The monoisotopic (exact) mass is 694 g/mol. The second-order valence-corrected chi connectivity index (χ2v) is 17.0. The van der Waals surface area contributed by atoms with E-state index in [0.717, 1.165) is 18.1 Å². The lowest BCUT2D eigenvalue weighted by Crippen LogP contribution is -2.28. The first-order valence-electron chi connectivity index (χ1n) is 18.8. The maximum atomic E-state index is 5.10. The molecule has 4 heteroatoms. The Kier molecular flexibility index (Phi) is 8.33.